The molecule has 7 rings (SSSR count). The predicted octanol–water partition coefficient (Wildman–Crippen LogP) is 3.94. The van der Waals surface area contributed by atoms with Crippen molar-refractivity contribution < 1.29 is 13.2 Å². The molecular weight excluding hydrogens is 519 g/mol. The number of hydrazine groups is 1. The monoisotopic (exact) mass is 557 g/mol. The molecule has 8 nitrogen and oxygen atoms in total. The molecular formula is C29H38F3N7O. The van der Waals surface area contributed by atoms with E-state index in [0.29, 0.717) is 42.2 Å². The van der Waals surface area contributed by atoms with Gasteiger partial charge in [0.15, 0.2) is 0 Å². The summed E-state index contributed by atoms with van der Waals surface area (Å²) >= 11 is 0. The molecule has 216 valence electrons. The number of imidazole rings is 1. The van der Waals surface area contributed by atoms with Gasteiger partial charge in [-0.2, -0.15) is 18.4 Å². The summed E-state index contributed by atoms with van der Waals surface area (Å²) in [4.78, 5) is 18.2. The largest absolute Gasteiger partial charge is 0.418 e. The van der Waals surface area contributed by atoms with Crippen LogP contribution in [0.25, 0.3) is 5.52 Å². The zero-order valence-electron chi connectivity index (χ0n) is 23.0. The number of likely N-dealkylation sites (tertiary alicyclic amines) is 1. The lowest BCUT2D eigenvalue weighted by Crippen LogP contribution is -2.50. The normalized spacial score (nSPS) is 31.7. The lowest BCUT2D eigenvalue weighted by atomic mass is 9.63. The lowest BCUT2D eigenvalue weighted by Gasteiger charge is -2.46. The molecule has 3 saturated carbocycles. The molecule has 0 radical (unpaired) electrons. The highest BCUT2D eigenvalue weighted by atomic mass is 19.4. The number of alkyl halides is 3. The van der Waals surface area contributed by atoms with E-state index in [1.54, 1.807) is 6.20 Å². The number of halogens is 3. The second kappa shape index (κ2) is 9.58. The minimum atomic E-state index is -4.57. The van der Waals surface area contributed by atoms with Crippen LogP contribution in [-0.4, -0.2) is 51.7 Å². The maximum Gasteiger partial charge on any atom is 0.418 e. The van der Waals surface area contributed by atoms with Gasteiger partial charge in [-0.15, -0.1) is 0 Å². The molecule has 11 heteroatoms. The van der Waals surface area contributed by atoms with E-state index < -0.39 is 17.4 Å². The number of nitriles is 1. The van der Waals surface area contributed by atoms with Crippen molar-refractivity contribution in [3.63, 3.8) is 0 Å². The summed E-state index contributed by atoms with van der Waals surface area (Å²) in [5, 5.41) is 10.00. The van der Waals surface area contributed by atoms with E-state index in [-0.39, 0.29) is 29.6 Å². The van der Waals surface area contributed by atoms with Crippen LogP contribution in [0, 0.1) is 40.4 Å². The van der Waals surface area contributed by atoms with Gasteiger partial charge in [0.05, 0.1) is 30.0 Å². The minimum Gasteiger partial charge on any atom is -0.298 e. The molecule has 5 atom stereocenters. The van der Waals surface area contributed by atoms with E-state index in [4.69, 9.17) is 0 Å². The summed E-state index contributed by atoms with van der Waals surface area (Å²) in [7, 11) is 2.08. The predicted molar refractivity (Wildman–Crippen MR) is 143 cm³/mol. The summed E-state index contributed by atoms with van der Waals surface area (Å²) in [5.74, 6) is 0.814. The summed E-state index contributed by atoms with van der Waals surface area (Å²) in [5.41, 5.74) is 6.28. The van der Waals surface area contributed by atoms with E-state index in [9.17, 15) is 23.2 Å². The van der Waals surface area contributed by atoms with E-state index >= 15 is 0 Å². The van der Waals surface area contributed by atoms with Crippen LogP contribution < -0.4 is 16.5 Å². The standard InChI is InChI=1S/C29H38F3N7O/c1-36-17-34-35-26(36)25(20-3-2-4-20)21-7-18(11-33)8-22(10-21)38-14-24-23(29(30,31)32)9-19(13-39(24)27(38)40)12-37-15-28(16-37)5-6-28/h9,13-14,18,20-22,25-26,34-35H,2-8,10,12,15-17H2,1H3/t18?,21?,22?,25-,26?/m1/s1. The van der Waals surface area contributed by atoms with Crippen molar-refractivity contribution in [1.29, 1.82) is 5.26 Å². The molecule has 2 N–H and O–H groups in total. The summed E-state index contributed by atoms with van der Waals surface area (Å²) in [6, 6.07) is 3.36. The smallest absolute Gasteiger partial charge is 0.298 e. The van der Waals surface area contributed by atoms with E-state index in [2.05, 4.69) is 33.8 Å². The molecule has 2 aliphatic heterocycles. The van der Waals surface area contributed by atoms with Gasteiger partial charge in [0.25, 0.3) is 0 Å². The van der Waals surface area contributed by atoms with Crippen molar-refractivity contribution in [2.24, 2.45) is 29.1 Å². The minimum absolute atomic E-state index is 0.101. The first kappa shape index (κ1) is 26.5. The molecule has 4 unspecified atom stereocenters. The van der Waals surface area contributed by atoms with Crippen molar-refractivity contribution in [2.75, 3.05) is 26.8 Å². The Hall–Kier alpha value is -2.39. The van der Waals surface area contributed by atoms with Crippen LogP contribution in [0.1, 0.15) is 68.5 Å². The Morgan fingerprint density at radius 2 is 1.93 bits per heavy atom. The van der Waals surface area contributed by atoms with Gasteiger partial charge in [0, 0.05) is 44.0 Å². The molecule has 5 fully saturated rings. The topological polar surface area (TPSA) is 80.7 Å². The third kappa shape index (κ3) is 4.57. The molecule has 0 aromatic carbocycles. The average molecular weight is 558 g/mol. The highest BCUT2D eigenvalue weighted by molar-refractivity contribution is 5.56. The zero-order chi connectivity index (χ0) is 27.8. The van der Waals surface area contributed by atoms with Crippen LogP contribution in [0.15, 0.2) is 23.3 Å². The first-order valence-electron chi connectivity index (χ1n) is 14.8. The second-order valence-electron chi connectivity index (χ2n) is 13.4. The molecule has 3 aliphatic carbocycles. The second-order valence-corrected chi connectivity index (χ2v) is 13.4. The first-order valence-corrected chi connectivity index (χ1v) is 14.8. The Balaban J connectivity index is 1.22. The molecule has 2 aromatic heterocycles. The Morgan fingerprint density at radius 1 is 1.15 bits per heavy atom. The van der Waals surface area contributed by atoms with Crippen molar-refractivity contribution in [3.8, 4) is 6.07 Å². The fourth-order valence-corrected chi connectivity index (χ4v) is 8.18. The Morgan fingerprint density at radius 3 is 2.52 bits per heavy atom. The number of hydrogen-bond acceptors (Lipinski definition) is 6. The Kier molecular flexibility index (Phi) is 6.35. The molecule has 1 spiro atoms. The van der Waals surface area contributed by atoms with Crippen molar-refractivity contribution >= 4 is 5.52 Å². The molecule has 4 heterocycles. The molecule has 2 saturated heterocycles. The van der Waals surface area contributed by atoms with Gasteiger partial charge in [0.2, 0.25) is 0 Å². The van der Waals surface area contributed by atoms with E-state index in [1.165, 1.54) is 40.5 Å². The highest BCUT2D eigenvalue weighted by Crippen LogP contribution is 2.53. The zero-order valence-corrected chi connectivity index (χ0v) is 23.0. The third-order valence-electron chi connectivity index (χ3n) is 10.6. The van der Waals surface area contributed by atoms with Crippen LogP contribution in [0.5, 0.6) is 0 Å². The first-order chi connectivity index (χ1) is 19.1. The third-order valence-corrected chi connectivity index (χ3v) is 10.6. The SMILES string of the molecule is CN1CNNC1[C@H](C1CCC1)C1CC(C#N)CC(n2cc3c(C(F)(F)F)cc(CN4CC5(CC5)C4)cn3c2=O)C1. The number of nitrogens with zero attached hydrogens (tertiary/aromatic N) is 5. The number of rotatable bonds is 6. The van der Waals surface area contributed by atoms with E-state index in [1.807, 2.05) is 0 Å². The van der Waals surface area contributed by atoms with Gasteiger partial charge in [-0.25, -0.2) is 15.6 Å². The van der Waals surface area contributed by atoms with Crippen LogP contribution >= 0.6 is 0 Å². The van der Waals surface area contributed by atoms with Gasteiger partial charge in [-0.05, 0) is 74.0 Å². The summed E-state index contributed by atoms with van der Waals surface area (Å²) < 4.78 is 45.5. The number of nitrogens with one attached hydrogen (secondary N) is 2. The number of pyridine rings is 1. The molecule has 40 heavy (non-hydrogen) atoms. The number of hydrogen-bond donors (Lipinski definition) is 2. The highest BCUT2D eigenvalue weighted by Gasteiger charge is 2.52. The quantitative estimate of drug-likeness (QED) is 0.560. The van der Waals surface area contributed by atoms with Gasteiger partial charge in [-0.3, -0.25) is 18.8 Å². The van der Waals surface area contributed by atoms with Crippen LogP contribution in [-0.2, 0) is 12.7 Å². The van der Waals surface area contributed by atoms with Gasteiger partial charge >= 0.3 is 11.9 Å². The van der Waals surface area contributed by atoms with Crippen LogP contribution in [0.3, 0.4) is 0 Å². The van der Waals surface area contributed by atoms with Crippen molar-refractivity contribution in [1.82, 2.24) is 29.6 Å². The number of aromatic nitrogens is 2. The molecule has 0 amide bonds. The van der Waals surface area contributed by atoms with E-state index in [0.717, 1.165) is 39.0 Å². The van der Waals surface area contributed by atoms with Crippen LogP contribution in [0.2, 0.25) is 0 Å². The fourth-order valence-electron chi connectivity index (χ4n) is 8.18. The van der Waals surface area contributed by atoms with Gasteiger partial charge < -0.3 is 0 Å². The van der Waals surface area contributed by atoms with Crippen molar-refractivity contribution in [2.45, 2.75) is 76.3 Å². The lowest BCUT2D eigenvalue weighted by molar-refractivity contribution is -0.136. The molecule has 5 aliphatic rings. The maximum absolute atomic E-state index is 14.3. The van der Waals surface area contributed by atoms with Crippen molar-refractivity contribution in [3.05, 3.63) is 40.1 Å². The molecule has 2 aromatic rings. The molecule has 0 bridgehead atoms. The summed E-state index contributed by atoms with van der Waals surface area (Å²) in [6.45, 7) is 2.99. The van der Waals surface area contributed by atoms with Gasteiger partial charge in [0.1, 0.15) is 0 Å². The fraction of sp³-hybridized carbons (Fsp3) is 0.724. The number of fused-ring (bicyclic) bond motifs is 1. The Bertz CT molecular complexity index is 1380. The van der Waals surface area contributed by atoms with Gasteiger partial charge in [-0.1, -0.05) is 19.3 Å². The van der Waals surface area contributed by atoms with Crippen LogP contribution in [0.4, 0.5) is 13.2 Å². The maximum atomic E-state index is 14.3. The average Bonchev–Trinajstić information content (AvgIpc) is 3.45. The summed E-state index contributed by atoms with van der Waals surface area (Å²) in [6.07, 6.45) is 6.41. The Labute approximate surface area is 232 Å².